The molecule has 5 nitrogen and oxygen atoms in total. The summed E-state index contributed by atoms with van der Waals surface area (Å²) in [7, 11) is 0. The topological polar surface area (TPSA) is 51.9 Å². The van der Waals surface area contributed by atoms with Gasteiger partial charge in [0.1, 0.15) is 0 Å². The highest BCUT2D eigenvalue weighted by atomic mass is 16.1. The number of hydrogen-bond donors (Lipinski definition) is 1. The Hall–Kier alpha value is -3.34. The molecule has 160 valence electrons. The fourth-order valence-electron chi connectivity index (χ4n) is 4.23. The molecule has 0 aliphatic heterocycles. The van der Waals surface area contributed by atoms with Crippen molar-refractivity contribution in [3.63, 3.8) is 0 Å². The van der Waals surface area contributed by atoms with Gasteiger partial charge in [-0.25, -0.2) is 0 Å². The van der Waals surface area contributed by atoms with Crippen LogP contribution in [0.25, 0.3) is 10.9 Å². The number of aryl methyl sites for hydroxylation is 3. The van der Waals surface area contributed by atoms with Crippen LogP contribution in [0.15, 0.2) is 54.6 Å². The van der Waals surface area contributed by atoms with E-state index < -0.39 is 0 Å². The summed E-state index contributed by atoms with van der Waals surface area (Å²) in [6, 6.07) is 18.5. The predicted molar refractivity (Wildman–Crippen MR) is 126 cm³/mol. The van der Waals surface area contributed by atoms with Gasteiger partial charge in [-0.05, 0) is 70.0 Å². The quantitative estimate of drug-likeness (QED) is 0.486. The van der Waals surface area contributed by atoms with Crippen LogP contribution in [0, 0.1) is 27.7 Å². The van der Waals surface area contributed by atoms with Crippen LogP contribution in [0.3, 0.4) is 0 Å². The molecular formula is C26H30N4O. The summed E-state index contributed by atoms with van der Waals surface area (Å²) in [4.78, 5) is 12.9. The lowest BCUT2D eigenvalue weighted by atomic mass is 10.1. The van der Waals surface area contributed by atoms with Gasteiger partial charge in [0.15, 0.2) is 0 Å². The Balaban J connectivity index is 1.55. The monoisotopic (exact) mass is 414 g/mol. The number of fused-ring (bicyclic) bond motifs is 1. The first-order valence-electron chi connectivity index (χ1n) is 10.8. The van der Waals surface area contributed by atoms with E-state index >= 15 is 0 Å². The van der Waals surface area contributed by atoms with E-state index in [-0.39, 0.29) is 11.9 Å². The summed E-state index contributed by atoms with van der Waals surface area (Å²) in [5.74, 6) is -0.0520. The Kier molecular flexibility index (Phi) is 5.68. The second kappa shape index (κ2) is 8.42. The highest BCUT2D eigenvalue weighted by Gasteiger charge is 2.16. The van der Waals surface area contributed by atoms with Gasteiger partial charge in [-0.2, -0.15) is 5.10 Å². The van der Waals surface area contributed by atoms with Gasteiger partial charge in [-0.3, -0.25) is 9.48 Å². The molecule has 2 heterocycles. The smallest absolute Gasteiger partial charge is 0.251 e. The minimum atomic E-state index is -0.0520. The Morgan fingerprint density at radius 3 is 2.45 bits per heavy atom. The first-order chi connectivity index (χ1) is 14.8. The van der Waals surface area contributed by atoms with Crippen molar-refractivity contribution in [3.8, 4) is 0 Å². The van der Waals surface area contributed by atoms with Gasteiger partial charge < -0.3 is 9.88 Å². The van der Waals surface area contributed by atoms with Crippen molar-refractivity contribution < 1.29 is 4.79 Å². The lowest BCUT2D eigenvalue weighted by Crippen LogP contribution is -2.36. The number of nitrogens with one attached hydrogen (secondary N) is 1. The van der Waals surface area contributed by atoms with E-state index in [1.807, 2.05) is 49.7 Å². The van der Waals surface area contributed by atoms with Gasteiger partial charge in [0.2, 0.25) is 0 Å². The molecule has 0 aliphatic rings. The van der Waals surface area contributed by atoms with E-state index in [1.54, 1.807) is 0 Å². The van der Waals surface area contributed by atoms with Crippen LogP contribution in [0.2, 0.25) is 0 Å². The number of amides is 1. The molecule has 31 heavy (non-hydrogen) atoms. The molecule has 5 heteroatoms. The van der Waals surface area contributed by atoms with Crippen molar-refractivity contribution in [1.82, 2.24) is 19.7 Å². The van der Waals surface area contributed by atoms with E-state index in [0.717, 1.165) is 28.8 Å². The summed E-state index contributed by atoms with van der Waals surface area (Å²) < 4.78 is 4.27. The normalized spacial score (nSPS) is 12.3. The van der Waals surface area contributed by atoms with Gasteiger partial charge in [-0.1, -0.05) is 30.3 Å². The highest BCUT2D eigenvalue weighted by molar-refractivity contribution is 5.99. The van der Waals surface area contributed by atoms with E-state index in [1.165, 1.54) is 16.8 Å². The first-order valence-corrected chi connectivity index (χ1v) is 10.8. The summed E-state index contributed by atoms with van der Waals surface area (Å²) in [6.45, 7) is 11.8. The number of carbonyl (C=O) groups excluding carboxylic acids is 1. The highest BCUT2D eigenvalue weighted by Crippen LogP contribution is 2.27. The van der Waals surface area contributed by atoms with Crippen LogP contribution in [-0.4, -0.2) is 26.3 Å². The Labute approximate surface area is 183 Å². The van der Waals surface area contributed by atoms with Gasteiger partial charge in [0.25, 0.3) is 5.91 Å². The second-order valence-electron chi connectivity index (χ2n) is 8.50. The number of benzene rings is 2. The molecule has 2 aromatic heterocycles. The average Bonchev–Trinajstić information content (AvgIpc) is 3.18. The minimum absolute atomic E-state index is 0.0216. The van der Waals surface area contributed by atoms with Crippen molar-refractivity contribution >= 4 is 16.8 Å². The predicted octanol–water partition coefficient (Wildman–Crippen LogP) is 4.94. The summed E-state index contributed by atoms with van der Waals surface area (Å²) in [5, 5.41) is 8.74. The third-order valence-electron chi connectivity index (χ3n) is 6.01. The van der Waals surface area contributed by atoms with Gasteiger partial charge in [-0.15, -0.1) is 0 Å². The average molecular weight is 415 g/mol. The number of carbonyl (C=O) groups is 1. The van der Waals surface area contributed by atoms with E-state index in [9.17, 15) is 4.79 Å². The molecule has 1 unspecified atom stereocenters. The van der Waals surface area contributed by atoms with Gasteiger partial charge in [0, 0.05) is 40.4 Å². The van der Waals surface area contributed by atoms with Crippen LogP contribution in [-0.2, 0) is 13.1 Å². The van der Waals surface area contributed by atoms with Crippen molar-refractivity contribution in [2.75, 3.05) is 0 Å². The molecule has 0 radical (unpaired) electrons. The fourth-order valence-corrected chi connectivity index (χ4v) is 4.23. The van der Waals surface area contributed by atoms with E-state index in [4.69, 9.17) is 0 Å². The number of aromatic nitrogens is 3. The van der Waals surface area contributed by atoms with Crippen LogP contribution in [0.1, 0.15) is 45.5 Å². The third-order valence-corrected chi connectivity index (χ3v) is 6.01. The molecule has 0 saturated heterocycles. The minimum Gasteiger partial charge on any atom is -0.348 e. The van der Waals surface area contributed by atoms with Crippen LogP contribution in [0.5, 0.6) is 0 Å². The molecule has 4 rings (SSSR count). The molecule has 1 amide bonds. The van der Waals surface area contributed by atoms with Crippen molar-refractivity contribution in [1.29, 1.82) is 0 Å². The first kappa shape index (κ1) is 20.9. The fraction of sp³-hybridized carbons (Fsp3) is 0.308. The summed E-state index contributed by atoms with van der Waals surface area (Å²) in [5.41, 5.74) is 7.66. The van der Waals surface area contributed by atoms with Crippen LogP contribution < -0.4 is 5.32 Å². The molecule has 1 N–H and O–H groups in total. The third kappa shape index (κ3) is 4.26. The molecule has 0 aliphatic carbocycles. The van der Waals surface area contributed by atoms with E-state index in [2.05, 4.69) is 59.2 Å². The SMILES string of the molecule is Cc1cc(C)n(CC(C)NC(=O)c2ccc3c(c2)c(C)c(C)n3Cc2ccccc2)n1. The Bertz CT molecular complexity index is 1230. The van der Waals surface area contributed by atoms with Crippen molar-refractivity contribution in [3.05, 3.63) is 88.4 Å². The molecule has 0 fully saturated rings. The molecule has 2 aromatic carbocycles. The summed E-state index contributed by atoms with van der Waals surface area (Å²) in [6.07, 6.45) is 0. The zero-order valence-corrected chi connectivity index (χ0v) is 18.9. The molecule has 1 atom stereocenters. The van der Waals surface area contributed by atoms with Crippen LogP contribution >= 0.6 is 0 Å². The standard InChI is InChI=1S/C26H30N4O/c1-17-13-19(3)30(28-17)15-18(2)27-26(31)23-11-12-25-24(14-23)20(4)21(5)29(25)16-22-9-7-6-8-10-22/h6-14,18H,15-16H2,1-5H3,(H,27,31). The Morgan fingerprint density at radius 1 is 1.03 bits per heavy atom. The maximum Gasteiger partial charge on any atom is 0.251 e. The zero-order valence-electron chi connectivity index (χ0n) is 18.9. The lowest BCUT2D eigenvalue weighted by Gasteiger charge is -2.15. The maximum absolute atomic E-state index is 12.9. The van der Waals surface area contributed by atoms with Crippen LogP contribution in [0.4, 0.5) is 0 Å². The number of hydrogen-bond acceptors (Lipinski definition) is 2. The largest absolute Gasteiger partial charge is 0.348 e. The molecule has 0 bridgehead atoms. The van der Waals surface area contributed by atoms with E-state index in [0.29, 0.717) is 12.1 Å². The lowest BCUT2D eigenvalue weighted by molar-refractivity contribution is 0.0936. The molecule has 0 spiro atoms. The molecular weight excluding hydrogens is 384 g/mol. The molecule has 4 aromatic rings. The maximum atomic E-state index is 12.9. The number of rotatable bonds is 6. The van der Waals surface area contributed by atoms with Gasteiger partial charge >= 0.3 is 0 Å². The zero-order chi connectivity index (χ0) is 22.1. The van der Waals surface area contributed by atoms with Crippen molar-refractivity contribution in [2.45, 2.75) is 53.8 Å². The van der Waals surface area contributed by atoms with Crippen molar-refractivity contribution in [2.24, 2.45) is 0 Å². The molecule has 0 saturated carbocycles. The summed E-state index contributed by atoms with van der Waals surface area (Å²) >= 11 is 0. The Morgan fingerprint density at radius 2 is 1.77 bits per heavy atom. The van der Waals surface area contributed by atoms with Gasteiger partial charge in [0.05, 0.1) is 12.2 Å². The number of nitrogens with zero attached hydrogens (tertiary/aromatic N) is 3. The second-order valence-corrected chi connectivity index (χ2v) is 8.50.